The van der Waals surface area contributed by atoms with Gasteiger partial charge >= 0.3 is 0 Å². The second kappa shape index (κ2) is 14.2. The zero-order chi connectivity index (χ0) is 27.5. The lowest BCUT2D eigenvalue weighted by molar-refractivity contribution is -0.141. The Morgan fingerprint density at radius 1 is 1.03 bits per heavy atom. The van der Waals surface area contributed by atoms with Gasteiger partial charge in [-0.2, -0.15) is 0 Å². The summed E-state index contributed by atoms with van der Waals surface area (Å²) < 4.78 is 31.9. The maximum atomic E-state index is 13.5. The third-order valence-electron chi connectivity index (χ3n) is 6.87. The average molecular weight is 544 g/mol. The molecule has 38 heavy (non-hydrogen) atoms. The Morgan fingerprint density at radius 2 is 1.68 bits per heavy atom. The van der Waals surface area contributed by atoms with E-state index in [1.54, 1.807) is 29.2 Å². The van der Waals surface area contributed by atoms with Gasteiger partial charge in [0.2, 0.25) is 21.8 Å². The second-order valence-electron chi connectivity index (χ2n) is 9.79. The van der Waals surface area contributed by atoms with Crippen molar-refractivity contribution in [1.29, 1.82) is 0 Å². The Labute approximate surface area is 227 Å². The molecule has 0 radical (unpaired) electrons. The van der Waals surface area contributed by atoms with Crippen LogP contribution in [0.2, 0.25) is 0 Å². The summed E-state index contributed by atoms with van der Waals surface area (Å²) in [6, 6.07) is 16.1. The molecular formula is C29H41N3O5S. The number of sulfonamides is 1. The molecule has 0 heterocycles. The summed E-state index contributed by atoms with van der Waals surface area (Å²) in [5.41, 5.74) is 1.46. The molecule has 2 aromatic rings. The molecule has 0 aliphatic heterocycles. The molecule has 208 valence electrons. The Morgan fingerprint density at radius 3 is 2.26 bits per heavy atom. The molecule has 1 N–H and O–H groups in total. The van der Waals surface area contributed by atoms with Crippen molar-refractivity contribution in [3.05, 3.63) is 60.2 Å². The van der Waals surface area contributed by atoms with E-state index in [2.05, 4.69) is 5.32 Å². The van der Waals surface area contributed by atoms with Crippen LogP contribution < -0.4 is 14.4 Å². The first-order valence-electron chi connectivity index (χ1n) is 13.6. The van der Waals surface area contributed by atoms with Gasteiger partial charge in [-0.25, -0.2) is 8.42 Å². The van der Waals surface area contributed by atoms with E-state index in [-0.39, 0.29) is 30.8 Å². The van der Waals surface area contributed by atoms with Crippen molar-refractivity contribution in [3.8, 4) is 5.75 Å². The molecule has 1 unspecified atom stereocenters. The number of hydrogen-bond donors (Lipinski definition) is 1. The zero-order valence-electron chi connectivity index (χ0n) is 22.8. The van der Waals surface area contributed by atoms with Gasteiger partial charge < -0.3 is 15.0 Å². The summed E-state index contributed by atoms with van der Waals surface area (Å²) in [5, 5.41) is 3.15. The van der Waals surface area contributed by atoms with Crippen molar-refractivity contribution in [2.75, 3.05) is 23.7 Å². The Balaban J connectivity index is 1.71. The first kappa shape index (κ1) is 29.5. The minimum atomic E-state index is -3.55. The van der Waals surface area contributed by atoms with Crippen molar-refractivity contribution < 1.29 is 22.7 Å². The summed E-state index contributed by atoms with van der Waals surface area (Å²) in [6.45, 7) is 4.81. The standard InChI is InChI=1S/C29H41N3O5S/c1-4-27(29(34)30-24-14-9-10-15-24)31(22-23-12-7-6-8-13-23)28(33)16-11-21-32(38(3,35)36)25-17-19-26(20-18-25)37-5-2/h6-8,12-13,17-20,24,27H,4-5,9-11,14-16,21-22H2,1-3H3,(H,30,34). The first-order valence-corrected chi connectivity index (χ1v) is 15.4. The van der Waals surface area contributed by atoms with Crippen LogP contribution in [0, 0.1) is 0 Å². The highest BCUT2D eigenvalue weighted by atomic mass is 32.2. The van der Waals surface area contributed by atoms with E-state index in [4.69, 9.17) is 4.74 Å². The number of carbonyl (C=O) groups excluding carboxylic acids is 2. The minimum Gasteiger partial charge on any atom is -0.494 e. The van der Waals surface area contributed by atoms with E-state index in [0.717, 1.165) is 37.5 Å². The van der Waals surface area contributed by atoms with Crippen LogP contribution in [0.1, 0.15) is 64.4 Å². The monoisotopic (exact) mass is 543 g/mol. The highest BCUT2D eigenvalue weighted by Crippen LogP contribution is 2.23. The molecule has 0 aromatic heterocycles. The van der Waals surface area contributed by atoms with Crippen LogP contribution in [0.4, 0.5) is 5.69 Å². The number of nitrogens with one attached hydrogen (secondary N) is 1. The molecule has 1 aliphatic rings. The van der Waals surface area contributed by atoms with Crippen molar-refractivity contribution in [2.24, 2.45) is 0 Å². The largest absolute Gasteiger partial charge is 0.494 e. The molecular weight excluding hydrogens is 502 g/mol. The first-order chi connectivity index (χ1) is 18.2. The van der Waals surface area contributed by atoms with Gasteiger partial charge in [-0.3, -0.25) is 13.9 Å². The topological polar surface area (TPSA) is 96.0 Å². The maximum Gasteiger partial charge on any atom is 0.243 e. The summed E-state index contributed by atoms with van der Waals surface area (Å²) in [7, 11) is -3.55. The molecule has 2 amide bonds. The lowest BCUT2D eigenvalue weighted by Gasteiger charge is -2.32. The predicted molar refractivity (Wildman–Crippen MR) is 151 cm³/mol. The Hall–Kier alpha value is -3.07. The van der Waals surface area contributed by atoms with E-state index < -0.39 is 16.1 Å². The van der Waals surface area contributed by atoms with Crippen LogP contribution in [-0.4, -0.2) is 56.6 Å². The molecule has 0 bridgehead atoms. The van der Waals surface area contributed by atoms with Gasteiger partial charge in [0, 0.05) is 25.6 Å². The van der Waals surface area contributed by atoms with Crippen LogP contribution >= 0.6 is 0 Å². The van der Waals surface area contributed by atoms with E-state index in [0.29, 0.717) is 37.4 Å². The number of nitrogens with zero attached hydrogens (tertiary/aromatic N) is 2. The summed E-state index contributed by atoms with van der Waals surface area (Å²) in [4.78, 5) is 28.4. The molecule has 3 rings (SSSR count). The van der Waals surface area contributed by atoms with Crippen molar-refractivity contribution in [1.82, 2.24) is 10.2 Å². The second-order valence-corrected chi connectivity index (χ2v) is 11.7. The highest BCUT2D eigenvalue weighted by molar-refractivity contribution is 7.92. The average Bonchev–Trinajstić information content (AvgIpc) is 3.40. The number of rotatable bonds is 14. The van der Waals surface area contributed by atoms with Gasteiger partial charge in [-0.05, 0) is 62.4 Å². The summed E-state index contributed by atoms with van der Waals surface area (Å²) >= 11 is 0. The minimum absolute atomic E-state index is 0.115. The van der Waals surface area contributed by atoms with Gasteiger partial charge in [0.05, 0.1) is 18.6 Å². The molecule has 8 nitrogen and oxygen atoms in total. The molecule has 1 saturated carbocycles. The molecule has 9 heteroatoms. The molecule has 2 aromatic carbocycles. The molecule has 1 fully saturated rings. The Bertz CT molecular complexity index is 1130. The van der Waals surface area contributed by atoms with Crippen molar-refractivity contribution in [2.45, 2.75) is 77.4 Å². The number of ether oxygens (including phenoxy) is 1. The van der Waals surface area contributed by atoms with Gasteiger partial charge in [0.15, 0.2) is 0 Å². The quantitative estimate of drug-likeness (QED) is 0.379. The van der Waals surface area contributed by atoms with E-state index in [1.807, 2.05) is 44.2 Å². The van der Waals surface area contributed by atoms with Crippen LogP contribution in [0.25, 0.3) is 0 Å². The fraction of sp³-hybridized carbons (Fsp3) is 0.517. The smallest absolute Gasteiger partial charge is 0.243 e. The van der Waals surface area contributed by atoms with E-state index >= 15 is 0 Å². The summed E-state index contributed by atoms with van der Waals surface area (Å²) in [6.07, 6.45) is 6.28. The lowest BCUT2D eigenvalue weighted by Crippen LogP contribution is -2.51. The van der Waals surface area contributed by atoms with Gasteiger partial charge in [0.1, 0.15) is 11.8 Å². The highest BCUT2D eigenvalue weighted by Gasteiger charge is 2.30. The van der Waals surface area contributed by atoms with Gasteiger partial charge in [-0.1, -0.05) is 50.1 Å². The molecule has 0 spiro atoms. The lowest BCUT2D eigenvalue weighted by atomic mass is 10.1. The molecule has 1 aliphatic carbocycles. The SMILES string of the molecule is CCOc1ccc(N(CCCC(=O)N(Cc2ccccc2)C(CC)C(=O)NC2CCCC2)S(C)(=O)=O)cc1. The number of carbonyl (C=O) groups is 2. The fourth-order valence-electron chi connectivity index (χ4n) is 4.95. The van der Waals surface area contributed by atoms with Crippen molar-refractivity contribution >= 4 is 27.5 Å². The number of benzene rings is 2. The number of hydrogen-bond acceptors (Lipinski definition) is 5. The molecule has 1 atom stereocenters. The van der Waals surface area contributed by atoms with Crippen molar-refractivity contribution in [3.63, 3.8) is 0 Å². The zero-order valence-corrected chi connectivity index (χ0v) is 23.6. The fourth-order valence-corrected chi connectivity index (χ4v) is 5.91. The van der Waals surface area contributed by atoms with Gasteiger partial charge in [-0.15, -0.1) is 0 Å². The van der Waals surface area contributed by atoms with Crippen LogP contribution in [0.3, 0.4) is 0 Å². The maximum absolute atomic E-state index is 13.5. The number of anilines is 1. The van der Waals surface area contributed by atoms with E-state index in [1.165, 1.54) is 4.31 Å². The number of amides is 2. The third kappa shape index (κ3) is 8.48. The van der Waals surface area contributed by atoms with Crippen LogP contribution in [-0.2, 0) is 26.2 Å². The van der Waals surface area contributed by atoms with Crippen LogP contribution in [0.5, 0.6) is 5.75 Å². The third-order valence-corrected chi connectivity index (χ3v) is 8.07. The molecule has 0 saturated heterocycles. The van der Waals surface area contributed by atoms with Gasteiger partial charge in [0.25, 0.3) is 0 Å². The predicted octanol–water partition coefficient (Wildman–Crippen LogP) is 4.50. The normalized spacial score (nSPS) is 14.6. The summed E-state index contributed by atoms with van der Waals surface area (Å²) in [5.74, 6) is 0.385. The Kier molecular flexibility index (Phi) is 11.0. The van der Waals surface area contributed by atoms with E-state index in [9.17, 15) is 18.0 Å². The van der Waals surface area contributed by atoms with Crippen LogP contribution in [0.15, 0.2) is 54.6 Å².